The van der Waals surface area contributed by atoms with Gasteiger partial charge in [0.1, 0.15) is 11.3 Å². The molecule has 0 spiro atoms. The van der Waals surface area contributed by atoms with Crippen LogP contribution < -0.4 is 15.4 Å². The minimum absolute atomic E-state index is 0.206. The lowest BCUT2D eigenvalue weighted by Crippen LogP contribution is -2.43. The van der Waals surface area contributed by atoms with Gasteiger partial charge in [-0.25, -0.2) is 9.50 Å². The number of ether oxygens (including phenoxy) is 1. The van der Waals surface area contributed by atoms with E-state index in [0.717, 1.165) is 54.3 Å². The Bertz CT molecular complexity index is 859. The molecular weight excluding hydrogens is 302 g/mol. The van der Waals surface area contributed by atoms with Crippen LogP contribution in [0.1, 0.15) is 12.8 Å². The van der Waals surface area contributed by atoms with Gasteiger partial charge in [-0.05, 0) is 31.0 Å². The normalized spacial score (nSPS) is 18.1. The van der Waals surface area contributed by atoms with E-state index in [1.165, 1.54) is 0 Å². The summed E-state index contributed by atoms with van der Waals surface area (Å²) < 4.78 is 7.34. The van der Waals surface area contributed by atoms with Crippen molar-refractivity contribution < 1.29 is 4.74 Å². The van der Waals surface area contributed by atoms with Crippen LogP contribution in [-0.4, -0.2) is 40.8 Å². The van der Waals surface area contributed by atoms with Gasteiger partial charge in [0.05, 0.1) is 12.8 Å². The van der Waals surface area contributed by atoms with E-state index >= 15 is 0 Å². The fraction of sp³-hybridized carbons (Fsp3) is 0.333. The van der Waals surface area contributed by atoms with Gasteiger partial charge in [0.15, 0.2) is 5.82 Å². The highest BCUT2D eigenvalue weighted by molar-refractivity contribution is 5.77. The van der Waals surface area contributed by atoms with Crippen LogP contribution >= 0.6 is 0 Å². The van der Waals surface area contributed by atoms with Crippen LogP contribution in [0.15, 0.2) is 42.7 Å². The van der Waals surface area contributed by atoms with Gasteiger partial charge >= 0.3 is 0 Å². The molecule has 6 nitrogen and oxygen atoms in total. The quantitative estimate of drug-likeness (QED) is 0.801. The van der Waals surface area contributed by atoms with Crippen LogP contribution in [0.25, 0.3) is 16.8 Å². The molecule has 3 heterocycles. The second kappa shape index (κ2) is 6.13. The van der Waals surface area contributed by atoms with Gasteiger partial charge in [0, 0.05) is 37.1 Å². The molecule has 1 saturated heterocycles. The lowest BCUT2D eigenvalue weighted by Gasteiger charge is -2.31. The molecule has 2 aromatic heterocycles. The Balaban J connectivity index is 1.80. The summed E-state index contributed by atoms with van der Waals surface area (Å²) in [4.78, 5) is 6.85. The Morgan fingerprint density at radius 1 is 1.29 bits per heavy atom. The Kier molecular flexibility index (Phi) is 3.82. The Morgan fingerprint density at radius 2 is 2.17 bits per heavy atom. The average molecular weight is 323 g/mol. The van der Waals surface area contributed by atoms with Crippen LogP contribution in [0.2, 0.25) is 0 Å². The number of hydrogen-bond acceptors (Lipinski definition) is 5. The SMILES string of the molecule is COc1ccccc1-c1cc2c(N3CCCC(N)C3)nccn2n1. The van der Waals surface area contributed by atoms with Gasteiger partial charge in [-0.1, -0.05) is 12.1 Å². The fourth-order valence-corrected chi connectivity index (χ4v) is 3.34. The van der Waals surface area contributed by atoms with E-state index in [1.54, 1.807) is 13.3 Å². The lowest BCUT2D eigenvalue weighted by molar-refractivity contribution is 0.416. The Hall–Kier alpha value is -2.60. The van der Waals surface area contributed by atoms with E-state index in [1.807, 2.05) is 35.0 Å². The molecular formula is C18H21N5O. The summed E-state index contributed by atoms with van der Waals surface area (Å²) in [6.07, 6.45) is 5.84. The number of anilines is 1. The van der Waals surface area contributed by atoms with Crippen molar-refractivity contribution in [3.05, 3.63) is 42.7 Å². The molecule has 1 atom stereocenters. The minimum Gasteiger partial charge on any atom is -0.496 e. The molecule has 1 fully saturated rings. The maximum Gasteiger partial charge on any atom is 0.154 e. The average Bonchev–Trinajstić information content (AvgIpc) is 3.05. The number of hydrogen-bond donors (Lipinski definition) is 1. The molecule has 24 heavy (non-hydrogen) atoms. The monoisotopic (exact) mass is 323 g/mol. The third-order valence-electron chi connectivity index (χ3n) is 4.51. The Labute approximate surface area is 140 Å². The van der Waals surface area contributed by atoms with Crippen LogP contribution in [-0.2, 0) is 0 Å². The highest BCUT2D eigenvalue weighted by Crippen LogP contribution is 2.31. The first-order chi connectivity index (χ1) is 11.8. The number of piperidine rings is 1. The van der Waals surface area contributed by atoms with Crippen molar-refractivity contribution in [3.8, 4) is 17.0 Å². The third-order valence-corrected chi connectivity index (χ3v) is 4.51. The number of methoxy groups -OCH3 is 1. The Morgan fingerprint density at radius 3 is 3.00 bits per heavy atom. The minimum atomic E-state index is 0.206. The zero-order valence-electron chi connectivity index (χ0n) is 13.7. The van der Waals surface area contributed by atoms with Gasteiger partial charge in [-0.3, -0.25) is 0 Å². The van der Waals surface area contributed by atoms with Crippen molar-refractivity contribution in [1.29, 1.82) is 0 Å². The van der Waals surface area contributed by atoms with E-state index in [-0.39, 0.29) is 6.04 Å². The third kappa shape index (κ3) is 2.59. The molecule has 1 unspecified atom stereocenters. The van der Waals surface area contributed by atoms with Gasteiger partial charge < -0.3 is 15.4 Å². The van der Waals surface area contributed by atoms with Crippen molar-refractivity contribution in [1.82, 2.24) is 14.6 Å². The van der Waals surface area contributed by atoms with Crippen molar-refractivity contribution in [2.75, 3.05) is 25.1 Å². The highest BCUT2D eigenvalue weighted by atomic mass is 16.5. The standard InChI is InChI=1S/C18H21N5O/c1-24-17-7-3-2-6-14(17)15-11-16-18(20-8-10-23(16)21-15)22-9-4-5-13(19)12-22/h2-3,6-8,10-11,13H,4-5,9,12,19H2,1H3. The van der Waals surface area contributed by atoms with Crippen LogP contribution in [0.3, 0.4) is 0 Å². The molecule has 4 rings (SSSR count). The summed E-state index contributed by atoms with van der Waals surface area (Å²) in [6, 6.07) is 10.2. The maximum atomic E-state index is 6.13. The number of nitrogens with two attached hydrogens (primary N) is 1. The summed E-state index contributed by atoms with van der Waals surface area (Å²) in [5.74, 6) is 1.76. The first-order valence-corrected chi connectivity index (χ1v) is 8.24. The molecule has 3 aromatic rings. The molecule has 6 heteroatoms. The summed E-state index contributed by atoms with van der Waals surface area (Å²) >= 11 is 0. The lowest BCUT2D eigenvalue weighted by atomic mass is 10.1. The van der Waals surface area contributed by atoms with E-state index in [9.17, 15) is 0 Å². The maximum absolute atomic E-state index is 6.13. The van der Waals surface area contributed by atoms with E-state index in [4.69, 9.17) is 15.6 Å². The molecule has 0 radical (unpaired) electrons. The predicted octanol–water partition coefficient (Wildman–Crippen LogP) is 2.33. The first kappa shape index (κ1) is 15.0. The summed E-state index contributed by atoms with van der Waals surface area (Å²) in [5.41, 5.74) is 8.98. The summed E-state index contributed by atoms with van der Waals surface area (Å²) in [7, 11) is 1.68. The second-order valence-corrected chi connectivity index (χ2v) is 6.16. The molecule has 1 aliphatic heterocycles. The van der Waals surface area contributed by atoms with Crippen LogP contribution in [0.5, 0.6) is 5.75 Å². The van der Waals surface area contributed by atoms with E-state index in [2.05, 4.69) is 16.0 Å². The molecule has 0 bridgehead atoms. The van der Waals surface area contributed by atoms with Gasteiger partial charge in [-0.2, -0.15) is 5.10 Å². The first-order valence-electron chi connectivity index (χ1n) is 8.24. The van der Waals surface area contributed by atoms with Crippen LogP contribution in [0, 0.1) is 0 Å². The molecule has 0 aliphatic carbocycles. The summed E-state index contributed by atoms with van der Waals surface area (Å²) in [5, 5.41) is 4.70. The second-order valence-electron chi connectivity index (χ2n) is 6.16. The van der Waals surface area contributed by atoms with E-state index in [0.29, 0.717) is 0 Å². The van der Waals surface area contributed by atoms with Gasteiger partial charge in [0.2, 0.25) is 0 Å². The highest BCUT2D eigenvalue weighted by Gasteiger charge is 2.21. The number of para-hydroxylation sites is 1. The molecule has 2 N–H and O–H groups in total. The number of nitrogens with zero attached hydrogens (tertiary/aromatic N) is 4. The molecule has 1 aliphatic rings. The topological polar surface area (TPSA) is 68.7 Å². The fourth-order valence-electron chi connectivity index (χ4n) is 3.34. The number of fused-ring (bicyclic) bond motifs is 1. The van der Waals surface area contributed by atoms with Crippen molar-refractivity contribution >= 4 is 11.3 Å². The summed E-state index contributed by atoms with van der Waals surface area (Å²) in [6.45, 7) is 1.82. The number of aromatic nitrogens is 3. The molecule has 0 saturated carbocycles. The van der Waals surface area contributed by atoms with Crippen molar-refractivity contribution in [3.63, 3.8) is 0 Å². The molecule has 0 amide bonds. The van der Waals surface area contributed by atoms with Crippen LogP contribution in [0.4, 0.5) is 5.82 Å². The van der Waals surface area contributed by atoms with Gasteiger partial charge in [-0.15, -0.1) is 0 Å². The van der Waals surface area contributed by atoms with Crippen molar-refractivity contribution in [2.45, 2.75) is 18.9 Å². The molecule has 124 valence electrons. The largest absolute Gasteiger partial charge is 0.496 e. The van der Waals surface area contributed by atoms with Gasteiger partial charge in [0.25, 0.3) is 0 Å². The number of benzene rings is 1. The predicted molar refractivity (Wildman–Crippen MR) is 94.4 cm³/mol. The van der Waals surface area contributed by atoms with Crippen molar-refractivity contribution in [2.24, 2.45) is 5.73 Å². The zero-order valence-corrected chi connectivity index (χ0v) is 13.7. The van der Waals surface area contributed by atoms with E-state index < -0.39 is 0 Å². The zero-order chi connectivity index (χ0) is 16.5. The smallest absolute Gasteiger partial charge is 0.154 e. The molecule has 1 aromatic carbocycles. The number of rotatable bonds is 3.